The van der Waals surface area contributed by atoms with Gasteiger partial charge in [-0.2, -0.15) is 15.2 Å². The maximum absolute atomic E-state index is 17.9. The molecule has 0 aliphatic carbocycles. The highest BCUT2D eigenvalue weighted by Gasteiger charge is 2.50. The fourth-order valence-electron chi connectivity index (χ4n) is 9.88. The molecule has 4 fully saturated rings. The molecule has 4 atom stereocenters. The molecule has 2 bridgehead atoms. The quantitative estimate of drug-likeness (QED) is 0.199. The predicted molar refractivity (Wildman–Crippen MR) is 219 cm³/mol. The zero-order valence-corrected chi connectivity index (χ0v) is 35.4. The molecule has 60 heavy (non-hydrogen) atoms. The molecule has 2 unspecified atom stereocenters. The van der Waals surface area contributed by atoms with Crippen molar-refractivity contribution in [2.75, 3.05) is 43.0 Å². The number of likely N-dealkylation sites (tertiary alicyclic amines) is 1. The number of halogens is 3. The van der Waals surface area contributed by atoms with Crippen molar-refractivity contribution in [3.63, 3.8) is 0 Å². The molecule has 1 N–H and O–H groups in total. The first-order valence-electron chi connectivity index (χ1n) is 20.5. The van der Waals surface area contributed by atoms with E-state index in [1.54, 1.807) is 25.7 Å². The molecule has 2 aromatic carbocycles. The fourth-order valence-corrected chi connectivity index (χ4v) is 10.9. The number of nitrogens with one attached hydrogen (secondary N) is 1. The molecule has 17 heteroatoms. The summed E-state index contributed by atoms with van der Waals surface area (Å²) < 4.78 is 73.3. The number of anilines is 2. The number of benzene rings is 2. The Morgan fingerprint density at radius 3 is 2.42 bits per heavy atom. The van der Waals surface area contributed by atoms with Gasteiger partial charge < -0.3 is 28.7 Å². The Balaban J connectivity index is 1.20. The number of nitrogens with zero attached hydrogens (tertiary/aromatic N) is 6. The standard InChI is InChI=1S/C43H48F3N7O6S/c1-41(2,3)58-39(54)50-37-25(15-47)30-29(60-37)11-10-28(45)33(30)31-26-19-56-20-27(26)32-35(34(31)46)48-38(57-21-43-12-7-13-52(43)16-22(44)14-43)49-36(32)53-23-8-9-24(53)18-51(17-23)40(55)59-42(4,5)6/h10-11,22-24H,7-9,12-14,16-21H2,1-6H3,(H,50,54)/t22-,23?,24?,43+/m1/s1. The molecule has 4 saturated heterocycles. The van der Waals surface area contributed by atoms with Gasteiger partial charge in [0, 0.05) is 59.4 Å². The van der Waals surface area contributed by atoms with Crippen LogP contribution in [0.2, 0.25) is 0 Å². The van der Waals surface area contributed by atoms with Gasteiger partial charge in [-0.05, 0) is 97.0 Å². The SMILES string of the molecule is CC(C)(C)OC(=O)Nc1sc2ccc(F)c(-c3c4c(c5c(N6C7CCC6CN(C(=O)OC(C)(C)C)C7)nc(OC[C@@]67CCCN6C[C@H](F)C7)nc5c3F)COC4)c2c1C#N. The molecule has 0 spiro atoms. The number of nitriles is 1. The van der Waals surface area contributed by atoms with Crippen LogP contribution in [-0.4, -0.2) is 99.7 Å². The number of piperazine rings is 1. The third-order valence-corrected chi connectivity index (χ3v) is 13.2. The molecule has 318 valence electrons. The Hall–Kier alpha value is -4.92. The van der Waals surface area contributed by atoms with Crippen LogP contribution in [0.3, 0.4) is 0 Å². The lowest BCUT2D eigenvalue weighted by atomic mass is 9.90. The van der Waals surface area contributed by atoms with Gasteiger partial charge in [0.15, 0.2) is 5.82 Å². The smallest absolute Gasteiger partial charge is 0.412 e. The maximum Gasteiger partial charge on any atom is 0.412 e. The van der Waals surface area contributed by atoms with Gasteiger partial charge >= 0.3 is 18.2 Å². The zero-order chi connectivity index (χ0) is 42.5. The molecule has 7 heterocycles. The Morgan fingerprint density at radius 1 is 1.00 bits per heavy atom. The van der Waals surface area contributed by atoms with Crippen molar-refractivity contribution in [2.24, 2.45) is 0 Å². The number of aromatic nitrogens is 2. The summed E-state index contributed by atoms with van der Waals surface area (Å²) in [5.41, 5.74) is -1.50. The molecule has 9 rings (SSSR count). The van der Waals surface area contributed by atoms with Crippen molar-refractivity contribution in [1.82, 2.24) is 19.8 Å². The summed E-state index contributed by atoms with van der Waals surface area (Å²) in [5, 5.41) is 13.8. The van der Waals surface area contributed by atoms with Crippen LogP contribution in [0.5, 0.6) is 6.01 Å². The van der Waals surface area contributed by atoms with Crippen molar-refractivity contribution >= 4 is 55.3 Å². The van der Waals surface area contributed by atoms with Gasteiger partial charge in [-0.15, -0.1) is 11.3 Å². The van der Waals surface area contributed by atoms with Crippen molar-refractivity contribution in [2.45, 2.75) is 122 Å². The van der Waals surface area contributed by atoms with E-state index in [0.29, 0.717) is 53.1 Å². The summed E-state index contributed by atoms with van der Waals surface area (Å²) in [7, 11) is 0. The Bertz CT molecular complexity index is 2470. The van der Waals surface area contributed by atoms with E-state index in [4.69, 9.17) is 28.9 Å². The van der Waals surface area contributed by atoms with Crippen LogP contribution >= 0.6 is 11.3 Å². The van der Waals surface area contributed by atoms with Gasteiger partial charge in [0.2, 0.25) is 0 Å². The van der Waals surface area contributed by atoms with Crippen molar-refractivity contribution < 1.29 is 41.7 Å². The normalized spacial score (nSPS) is 23.9. The topological polar surface area (TPSA) is 142 Å². The molecule has 13 nitrogen and oxygen atoms in total. The Morgan fingerprint density at radius 2 is 1.72 bits per heavy atom. The Labute approximate surface area is 349 Å². The summed E-state index contributed by atoms with van der Waals surface area (Å²) in [6.45, 7) is 12.5. The summed E-state index contributed by atoms with van der Waals surface area (Å²) in [6, 6.07) is 4.33. The molecule has 2 aromatic heterocycles. The van der Waals surface area contributed by atoms with Crippen LogP contribution in [-0.2, 0) is 27.4 Å². The van der Waals surface area contributed by atoms with E-state index in [1.165, 1.54) is 12.1 Å². The van der Waals surface area contributed by atoms with E-state index in [2.05, 4.69) is 21.2 Å². The van der Waals surface area contributed by atoms with E-state index >= 15 is 8.78 Å². The van der Waals surface area contributed by atoms with Gasteiger partial charge in [0.25, 0.3) is 0 Å². The lowest BCUT2D eigenvalue weighted by Crippen LogP contribution is -2.56. The van der Waals surface area contributed by atoms with Crippen molar-refractivity contribution in [3.05, 3.63) is 40.5 Å². The minimum absolute atomic E-state index is 0.0440. The van der Waals surface area contributed by atoms with Gasteiger partial charge in [-0.1, -0.05) is 0 Å². The van der Waals surface area contributed by atoms with Crippen molar-refractivity contribution in [3.8, 4) is 23.2 Å². The zero-order valence-electron chi connectivity index (χ0n) is 34.5. The summed E-state index contributed by atoms with van der Waals surface area (Å²) in [5.74, 6) is -1.21. The summed E-state index contributed by atoms with van der Waals surface area (Å²) in [4.78, 5) is 41.8. The second-order valence-electron chi connectivity index (χ2n) is 18.6. The first-order valence-corrected chi connectivity index (χ1v) is 21.3. The maximum atomic E-state index is 17.9. The fraction of sp³-hybridized carbons (Fsp3) is 0.558. The van der Waals surface area contributed by atoms with Gasteiger partial charge in [0.1, 0.15) is 52.2 Å². The van der Waals surface area contributed by atoms with Crippen LogP contribution in [0, 0.1) is 23.0 Å². The molecule has 0 saturated carbocycles. The average molecular weight is 848 g/mol. The first-order chi connectivity index (χ1) is 28.4. The van der Waals surface area contributed by atoms with Crippen LogP contribution in [0.1, 0.15) is 90.3 Å². The number of carbonyl (C=O) groups excluding carboxylic acids is 2. The third kappa shape index (κ3) is 7.03. The molecular weight excluding hydrogens is 800 g/mol. The van der Waals surface area contributed by atoms with Crippen LogP contribution in [0.15, 0.2) is 12.1 Å². The first kappa shape index (κ1) is 40.5. The number of hydrogen-bond acceptors (Lipinski definition) is 12. The molecule has 5 aliphatic heterocycles. The minimum atomic E-state index is -0.991. The molecule has 4 aromatic rings. The Kier molecular flexibility index (Phi) is 9.87. The minimum Gasteiger partial charge on any atom is -0.461 e. The summed E-state index contributed by atoms with van der Waals surface area (Å²) in [6.07, 6.45) is 1.23. The van der Waals surface area contributed by atoms with Gasteiger partial charge in [-0.25, -0.2) is 22.8 Å². The average Bonchev–Trinajstić information content (AvgIpc) is 3.97. The molecule has 0 radical (unpaired) electrons. The van der Waals surface area contributed by atoms with Crippen LogP contribution < -0.4 is 15.0 Å². The van der Waals surface area contributed by atoms with Gasteiger partial charge in [0.05, 0.1) is 29.7 Å². The molecular formula is C43H48F3N7O6S. The monoisotopic (exact) mass is 847 g/mol. The number of carbonyl (C=O) groups is 2. The van der Waals surface area contributed by atoms with Crippen molar-refractivity contribution in [1.29, 1.82) is 5.26 Å². The highest BCUT2D eigenvalue weighted by Crippen LogP contribution is 2.50. The van der Waals surface area contributed by atoms with E-state index in [-0.39, 0.29) is 70.5 Å². The lowest BCUT2D eigenvalue weighted by molar-refractivity contribution is 0.0209. The van der Waals surface area contributed by atoms with E-state index < -0.39 is 46.7 Å². The highest BCUT2D eigenvalue weighted by molar-refractivity contribution is 7.23. The summed E-state index contributed by atoms with van der Waals surface area (Å²) >= 11 is 1.05. The number of fused-ring (bicyclic) bond motifs is 7. The van der Waals surface area contributed by atoms with E-state index in [1.807, 2.05) is 20.8 Å². The highest BCUT2D eigenvalue weighted by atomic mass is 32.1. The van der Waals surface area contributed by atoms with E-state index in [0.717, 1.165) is 43.6 Å². The number of thiophene rings is 1. The lowest BCUT2D eigenvalue weighted by Gasteiger charge is -2.42. The largest absolute Gasteiger partial charge is 0.461 e. The third-order valence-electron chi connectivity index (χ3n) is 12.1. The molecule has 5 aliphatic rings. The predicted octanol–water partition coefficient (Wildman–Crippen LogP) is 8.58. The second kappa shape index (κ2) is 14.6. The van der Waals surface area contributed by atoms with Crippen LogP contribution in [0.4, 0.5) is 33.6 Å². The number of amides is 2. The van der Waals surface area contributed by atoms with E-state index in [9.17, 15) is 19.2 Å². The number of rotatable bonds is 6. The number of alkyl halides is 1. The molecule has 2 amide bonds. The number of ether oxygens (including phenoxy) is 4. The van der Waals surface area contributed by atoms with Crippen LogP contribution in [0.25, 0.3) is 32.1 Å². The number of hydrogen-bond donors (Lipinski definition) is 1. The second-order valence-corrected chi connectivity index (χ2v) is 19.6. The van der Waals surface area contributed by atoms with Gasteiger partial charge in [-0.3, -0.25) is 10.2 Å².